The van der Waals surface area contributed by atoms with Gasteiger partial charge in [0, 0.05) is 12.1 Å². The number of rotatable bonds is 4. The van der Waals surface area contributed by atoms with Gasteiger partial charge in [-0.3, -0.25) is 0 Å². The van der Waals surface area contributed by atoms with Gasteiger partial charge in [0.05, 0.1) is 0 Å². The van der Waals surface area contributed by atoms with Gasteiger partial charge in [0.25, 0.3) is 0 Å². The Labute approximate surface area is 101 Å². The standard InChI is InChI=1S/C15H29N/c1-3-13-8-6-7-11-15(13)16-12(2)14-9-4-5-10-14/h12-16H,3-11H2,1-2H3. The molecule has 1 nitrogen and oxygen atoms in total. The first kappa shape index (κ1) is 12.4. The zero-order chi connectivity index (χ0) is 11.4. The molecule has 2 saturated carbocycles. The monoisotopic (exact) mass is 223 g/mol. The molecule has 0 aromatic heterocycles. The second kappa shape index (κ2) is 6.05. The van der Waals surface area contributed by atoms with Crippen molar-refractivity contribution < 1.29 is 0 Å². The summed E-state index contributed by atoms with van der Waals surface area (Å²) in [5, 5.41) is 3.96. The van der Waals surface area contributed by atoms with E-state index in [4.69, 9.17) is 0 Å². The molecule has 0 heterocycles. The van der Waals surface area contributed by atoms with Crippen LogP contribution in [-0.2, 0) is 0 Å². The normalized spacial score (nSPS) is 34.1. The third-order valence-corrected chi connectivity index (χ3v) is 5.02. The van der Waals surface area contributed by atoms with Gasteiger partial charge >= 0.3 is 0 Å². The highest BCUT2D eigenvalue weighted by atomic mass is 15.0. The van der Waals surface area contributed by atoms with Crippen molar-refractivity contribution in [3.8, 4) is 0 Å². The summed E-state index contributed by atoms with van der Waals surface area (Å²) in [5.41, 5.74) is 0. The van der Waals surface area contributed by atoms with Gasteiger partial charge in [0.2, 0.25) is 0 Å². The zero-order valence-electron chi connectivity index (χ0n) is 11.2. The van der Waals surface area contributed by atoms with E-state index in [1.165, 1.54) is 57.8 Å². The Bertz CT molecular complexity index is 196. The average Bonchev–Trinajstić information content (AvgIpc) is 2.83. The Morgan fingerprint density at radius 3 is 2.31 bits per heavy atom. The van der Waals surface area contributed by atoms with Gasteiger partial charge in [-0.1, -0.05) is 39.0 Å². The smallest absolute Gasteiger partial charge is 0.00978 e. The lowest BCUT2D eigenvalue weighted by Gasteiger charge is -2.35. The maximum absolute atomic E-state index is 3.96. The van der Waals surface area contributed by atoms with Crippen molar-refractivity contribution in [3.05, 3.63) is 0 Å². The second-order valence-electron chi connectivity index (χ2n) is 6.06. The fourth-order valence-corrected chi connectivity index (χ4v) is 3.85. The molecule has 1 N–H and O–H groups in total. The van der Waals surface area contributed by atoms with E-state index in [2.05, 4.69) is 19.2 Å². The lowest BCUT2D eigenvalue weighted by Crippen LogP contribution is -2.45. The van der Waals surface area contributed by atoms with E-state index in [-0.39, 0.29) is 0 Å². The van der Waals surface area contributed by atoms with Crippen molar-refractivity contribution >= 4 is 0 Å². The van der Waals surface area contributed by atoms with Crippen LogP contribution in [0.25, 0.3) is 0 Å². The van der Waals surface area contributed by atoms with Crippen molar-refractivity contribution in [2.75, 3.05) is 0 Å². The van der Waals surface area contributed by atoms with Crippen molar-refractivity contribution in [1.29, 1.82) is 0 Å². The summed E-state index contributed by atoms with van der Waals surface area (Å²) >= 11 is 0. The molecule has 0 spiro atoms. The van der Waals surface area contributed by atoms with E-state index in [1.807, 2.05) is 0 Å². The van der Waals surface area contributed by atoms with E-state index < -0.39 is 0 Å². The summed E-state index contributed by atoms with van der Waals surface area (Å²) in [5.74, 6) is 1.93. The van der Waals surface area contributed by atoms with E-state index >= 15 is 0 Å². The molecule has 2 aliphatic carbocycles. The summed E-state index contributed by atoms with van der Waals surface area (Å²) in [6, 6.07) is 1.59. The predicted molar refractivity (Wildman–Crippen MR) is 70.6 cm³/mol. The van der Waals surface area contributed by atoms with E-state index in [0.29, 0.717) is 0 Å². The molecule has 1 heteroatoms. The molecular weight excluding hydrogens is 194 g/mol. The first-order chi connectivity index (χ1) is 7.81. The van der Waals surface area contributed by atoms with Crippen LogP contribution in [0.1, 0.15) is 71.6 Å². The molecule has 2 aliphatic rings. The molecule has 0 bridgehead atoms. The van der Waals surface area contributed by atoms with E-state index in [9.17, 15) is 0 Å². The Morgan fingerprint density at radius 1 is 1.00 bits per heavy atom. The average molecular weight is 223 g/mol. The molecule has 0 aliphatic heterocycles. The quantitative estimate of drug-likeness (QED) is 0.756. The fourth-order valence-electron chi connectivity index (χ4n) is 3.85. The minimum atomic E-state index is 0.764. The largest absolute Gasteiger partial charge is 0.311 e. The maximum atomic E-state index is 3.96. The molecule has 16 heavy (non-hydrogen) atoms. The molecule has 94 valence electrons. The summed E-state index contributed by atoms with van der Waals surface area (Å²) in [6.45, 7) is 4.79. The molecule has 0 aromatic rings. The van der Waals surface area contributed by atoms with Crippen molar-refractivity contribution in [1.82, 2.24) is 5.32 Å². The first-order valence-corrected chi connectivity index (χ1v) is 7.57. The van der Waals surface area contributed by atoms with Crippen LogP contribution in [0.2, 0.25) is 0 Å². The van der Waals surface area contributed by atoms with Crippen LogP contribution in [0.3, 0.4) is 0 Å². The van der Waals surface area contributed by atoms with Crippen LogP contribution in [0.4, 0.5) is 0 Å². The minimum absolute atomic E-state index is 0.764. The molecule has 2 rings (SSSR count). The summed E-state index contributed by atoms with van der Waals surface area (Å²) in [7, 11) is 0. The number of hydrogen-bond acceptors (Lipinski definition) is 1. The number of hydrogen-bond donors (Lipinski definition) is 1. The van der Waals surface area contributed by atoms with Gasteiger partial charge in [0.15, 0.2) is 0 Å². The fraction of sp³-hybridized carbons (Fsp3) is 1.00. The lowest BCUT2D eigenvalue weighted by molar-refractivity contribution is 0.218. The highest BCUT2D eigenvalue weighted by molar-refractivity contribution is 4.85. The SMILES string of the molecule is CCC1CCCCC1NC(C)C1CCCC1. The van der Waals surface area contributed by atoms with Gasteiger partial charge in [-0.05, 0) is 44.4 Å². The Hall–Kier alpha value is -0.0400. The molecule has 0 saturated heterocycles. The molecule has 0 amide bonds. The maximum Gasteiger partial charge on any atom is 0.00978 e. The van der Waals surface area contributed by atoms with Gasteiger partial charge in [-0.15, -0.1) is 0 Å². The first-order valence-electron chi connectivity index (χ1n) is 7.57. The van der Waals surface area contributed by atoms with Gasteiger partial charge in [-0.2, -0.15) is 0 Å². The Morgan fingerprint density at radius 2 is 1.62 bits per heavy atom. The highest BCUT2D eigenvalue weighted by Crippen LogP contribution is 2.31. The number of nitrogens with one attached hydrogen (secondary N) is 1. The summed E-state index contributed by atoms with van der Waals surface area (Å²) in [6.07, 6.45) is 13.1. The summed E-state index contributed by atoms with van der Waals surface area (Å²) in [4.78, 5) is 0. The topological polar surface area (TPSA) is 12.0 Å². The van der Waals surface area contributed by atoms with Crippen molar-refractivity contribution in [3.63, 3.8) is 0 Å². The van der Waals surface area contributed by atoms with Crippen LogP contribution in [0, 0.1) is 11.8 Å². The third kappa shape index (κ3) is 3.00. The molecular formula is C15H29N. The van der Waals surface area contributed by atoms with Crippen LogP contribution < -0.4 is 5.32 Å². The van der Waals surface area contributed by atoms with Crippen LogP contribution in [-0.4, -0.2) is 12.1 Å². The van der Waals surface area contributed by atoms with E-state index in [1.54, 1.807) is 0 Å². The molecule has 3 atom stereocenters. The van der Waals surface area contributed by atoms with Gasteiger partial charge in [-0.25, -0.2) is 0 Å². The summed E-state index contributed by atoms with van der Waals surface area (Å²) < 4.78 is 0. The second-order valence-corrected chi connectivity index (χ2v) is 6.06. The minimum Gasteiger partial charge on any atom is -0.311 e. The molecule has 0 aromatic carbocycles. The highest BCUT2D eigenvalue weighted by Gasteiger charge is 2.28. The lowest BCUT2D eigenvalue weighted by atomic mass is 9.82. The Balaban J connectivity index is 1.81. The molecule has 2 fully saturated rings. The molecule has 0 radical (unpaired) electrons. The molecule has 3 unspecified atom stereocenters. The van der Waals surface area contributed by atoms with Gasteiger partial charge in [0.1, 0.15) is 0 Å². The van der Waals surface area contributed by atoms with Crippen molar-refractivity contribution in [2.45, 2.75) is 83.7 Å². The van der Waals surface area contributed by atoms with E-state index in [0.717, 1.165) is 23.9 Å². The van der Waals surface area contributed by atoms with Gasteiger partial charge < -0.3 is 5.32 Å². The Kier molecular flexibility index (Phi) is 4.69. The van der Waals surface area contributed by atoms with Crippen molar-refractivity contribution in [2.24, 2.45) is 11.8 Å². The van der Waals surface area contributed by atoms with Crippen LogP contribution >= 0.6 is 0 Å². The zero-order valence-corrected chi connectivity index (χ0v) is 11.2. The predicted octanol–water partition coefficient (Wildman–Crippen LogP) is 4.12. The van der Waals surface area contributed by atoms with Crippen LogP contribution in [0.15, 0.2) is 0 Å². The third-order valence-electron chi connectivity index (χ3n) is 5.02. The van der Waals surface area contributed by atoms with Crippen LogP contribution in [0.5, 0.6) is 0 Å².